The summed E-state index contributed by atoms with van der Waals surface area (Å²) >= 11 is 3.55. The quantitative estimate of drug-likeness (QED) is 0.659. The number of aliphatic carboxylic acids is 1. The first kappa shape index (κ1) is 12.9. The molecule has 0 saturated carbocycles. The molecule has 0 spiro atoms. The first-order chi connectivity index (χ1) is 8.74. The molecular formula is C14H12O2S2. The molecule has 2 aromatic rings. The van der Waals surface area contributed by atoms with E-state index in [2.05, 4.69) is 11.4 Å². The highest BCUT2D eigenvalue weighted by molar-refractivity contribution is 8.00. The fourth-order valence-corrected chi connectivity index (χ4v) is 3.13. The van der Waals surface area contributed by atoms with Gasteiger partial charge in [-0.05, 0) is 28.6 Å². The molecule has 0 aliphatic rings. The number of thioether (sulfide) groups is 1. The van der Waals surface area contributed by atoms with E-state index in [-0.39, 0.29) is 0 Å². The van der Waals surface area contributed by atoms with Crippen molar-refractivity contribution in [1.82, 2.24) is 0 Å². The van der Waals surface area contributed by atoms with Crippen LogP contribution in [-0.4, -0.2) is 11.1 Å². The first-order valence-electron chi connectivity index (χ1n) is 5.40. The number of hydrogen-bond acceptors (Lipinski definition) is 3. The Labute approximate surface area is 114 Å². The van der Waals surface area contributed by atoms with E-state index in [0.29, 0.717) is 0 Å². The lowest BCUT2D eigenvalue weighted by Gasteiger charge is -2.00. The van der Waals surface area contributed by atoms with Gasteiger partial charge in [-0.25, -0.2) is 4.79 Å². The van der Waals surface area contributed by atoms with Crippen LogP contribution in [0.3, 0.4) is 0 Å². The van der Waals surface area contributed by atoms with Crippen LogP contribution >= 0.6 is 23.1 Å². The molecule has 1 aromatic heterocycles. The minimum atomic E-state index is -0.924. The van der Waals surface area contributed by atoms with Crippen molar-refractivity contribution < 1.29 is 9.90 Å². The van der Waals surface area contributed by atoms with Gasteiger partial charge in [-0.15, -0.1) is 23.1 Å². The Bertz CT molecular complexity index is 527. The molecule has 0 aliphatic heterocycles. The fourth-order valence-electron chi connectivity index (χ4n) is 1.39. The van der Waals surface area contributed by atoms with Crippen molar-refractivity contribution in [1.29, 1.82) is 0 Å². The molecule has 0 amide bonds. The van der Waals surface area contributed by atoms with Gasteiger partial charge >= 0.3 is 5.97 Å². The Kier molecular flexibility index (Phi) is 4.61. The number of thiophene rings is 1. The van der Waals surface area contributed by atoms with Crippen molar-refractivity contribution in [3.05, 3.63) is 59.0 Å². The normalized spacial score (nSPS) is 10.9. The predicted molar refractivity (Wildman–Crippen MR) is 77.0 cm³/mol. The Morgan fingerprint density at radius 2 is 2.06 bits per heavy atom. The molecule has 4 heteroatoms. The summed E-state index contributed by atoms with van der Waals surface area (Å²) in [6.45, 7) is 0. The maximum atomic E-state index is 10.4. The van der Waals surface area contributed by atoms with Crippen LogP contribution in [0.5, 0.6) is 0 Å². The number of rotatable bonds is 5. The van der Waals surface area contributed by atoms with Crippen LogP contribution in [-0.2, 0) is 10.5 Å². The molecule has 2 rings (SSSR count). The summed E-state index contributed by atoms with van der Waals surface area (Å²) in [7, 11) is 0. The molecule has 0 fully saturated rings. The van der Waals surface area contributed by atoms with Crippen molar-refractivity contribution >= 4 is 35.1 Å². The number of hydrogen-bond donors (Lipinski definition) is 1. The molecule has 0 atom stereocenters. The molecule has 92 valence electrons. The molecule has 0 saturated heterocycles. The standard InChI is InChI=1S/C14H12O2S2/c15-13(16)8-7-11-3-5-12(6-4-11)10-18-14-2-1-9-17-14/h1-9H,10H2,(H,15,16). The van der Waals surface area contributed by atoms with Crippen molar-refractivity contribution in [2.24, 2.45) is 0 Å². The zero-order valence-corrected chi connectivity index (χ0v) is 11.2. The van der Waals surface area contributed by atoms with Crippen LogP contribution < -0.4 is 0 Å². The molecular weight excluding hydrogens is 264 g/mol. The lowest BCUT2D eigenvalue weighted by atomic mass is 10.1. The first-order valence-corrected chi connectivity index (χ1v) is 7.27. The number of benzene rings is 1. The SMILES string of the molecule is O=C(O)C=Cc1ccc(CSc2cccs2)cc1. The second-order valence-electron chi connectivity index (χ2n) is 3.63. The minimum Gasteiger partial charge on any atom is -0.478 e. The zero-order valence-electron chi connectivity index (χ0n) is 9.58. The highest BCUT2D eigenvalue weighted by atomic mass is 32.2. The van der Waals surface area contributed by atoms with Crippen molar-refractivity contribution in [2.75, 3.05) is 0 Å². The Morgan fingerprint density at radius 3 is 2.67 bits per heavy atom. The van der Waals surface area contributed by atoms with Gasteiger partial charge in [0.2, 0.25) is 0 Å². The number of carbonyl (C=O) groups is 1. The summed E-state index contributed by atoms with van der Waals surface area (Å²) in [5.41, 5.74) is 2.14. The lowest BCUT2D eigenvalue weighted by Crippen LogP contribution is -1.86. The van der Waals surface area contributed by atoms with Crippen molar-refractivity contribution in [2.45, 2.75) is 9.96 Å². The summed E-state index contributed by atoms with van der Waals surface area (Å²) in [4.78, 5) is 10.4. The van der Waals surface area contributed by atoms with E-state index >= 15 is 0 Å². The average Bonchev–Trinajstić information content (AvgIpc) is 2.88. The summed E-state index contributed by atoms with van der Waals surface area (Å²) < 4.78 is 1.31. The van der Waals surface area contributed by atoms with Crippen molar-refractivity contribution in [3.63, 3.8) is 0 Å². The Balaban J connectivity index is 1.93. The summed E-state index contributed by atoms with van der Waals surface area (Å²) in [5, 5.41) is 10.6. The van der Waals surface area contributed by atoms with Gasteiger partial charge in [0, 0.05) is 11.8 Å². The summed E-state index contributed by atoms with van der Waals surface area (Å²) in [5.74, 6) is 0.0102. The zero-order chi connectivity index (χ0) is 12.8. The third kappa shape index (κ3) is 4.05. The van der Waals surface area contributed by atoms with Crippen LogP contribution in [0.2, 0.25) is 0 Å². The largest absolute Gasteiger partial charge is 0.478 e. The smallest absolute Gasteiger partial charge is 0.328 e. The second-order valence-corrected chi connectivity index (χ2v) is 5.86. The van der Waals surface area contributed by atoms with E-state index < -0.39 is 5.97 Å². The van der Waals surface area contributed by atoms with Gasteiger partial charge in [-0.2, -0.15) is 0 Å². The van der Waals surface area contributed by atoms with E-state index in [1.54, 1.807) is 17.4 Å². The highest BCUT2D eigenvalue weighted by Gasteiger charge is 1.97. The molecule has 0 aliphatic carbocycles. The molecule has 1 heterocycles. The molecule has 0 unspecified atom stereocenters. The maximum Gasteiger partial charge on any atom is 0.328 e. The topological polar surface area (TPSA) is 37.3 Å². The molecule has 0 radical (unpaired) electrons. The van der Waals surface area contributed by atoms with E-state index in [4.69, 9.17) is 5.11 Å². The van der Waals surface area contributed by atoms with Crippen LogP contribution in [0.4, 0.5) is 0 Å². The highest BCUT2D eigenvalue weighted by Crippen LogP contribution is 2.26. The van der Waals surface area contributed by atoms with Gasteiger partial charge in [0.05, 0.1) is 4.21 Å². The predicted octanol–water partition coefficient (Wildman–Crippen LogP) is 4.14. The Morgan fingerprint density at radius 1 is 1.28 bits per heavy atom. The molecule has 1 N–H and O–H groups in total. The third-order valence-corrected chi connectivity index (χ3v) is 4.48. The minimum absolute atomic E-state index is 0.905. The number of carboxylic acid groups (broad SMARTS) is 1. The Hall–Kier alpha value is -1.52. The summed E-state index contributed by atoms with van der Waals surface area (Å²) in [6, 6.07) is 12.1. The molecule has 2 nitrogen and oxygen atoms in total. The van der Waals surface area contributed by atoms with E-state index in [1.807, 2.05) is 42.1 Å². The monoisotopic (exact) mass is 276 g/mol. The van der Waals surface area contributed by atoms with Crippen molar-refractivity contribution in [3.8, 4) is 0 Å². The van der Waals surface area contributed by atoms with Gasteiger partial charge in [-0.3, -0.25) is 0 Å². The number of carboxylic acids is 1. The van der Waals surface area contributed by atoms with Gasteiger partial charge in [0.15, 0.2) is 0 Å². The van der Waals surface area contributed by atoms with Gasteiger partial charge in [0.1, 0.15) is 0 Å². The van der Waals surface area contributed by atoms with Gasteiger partial charge in [0.25, 0.3) is 0 Å². The fraction of sp³-hybridized carbons (Fsp3) is 0.0714. The maximum absolute atomic E-state index is 10.4. The van der Waals surface area contributed by atoms with Crippen LogP contribution in [0.25, 0.3) is 6.08 Å². The van der Waals surface area contributed by atoms with Gasteiger partial charge < -0.3 is 5.11 Å². The third-order valence-electron chi connectivity index (χ3n) is 2.27. The molecule has 1 aromatic carbocycles. The van der Waals surface area contributed by atoms with Crippen LogP contribution in [0.15, 0.2) is 52.1 Å². The second kappa shape index (κ2) is 6.42. The average molecular weight is 276 g/mol. The molecule has 18 heavy (non-hydrogen) atoms. The van der Waals surface area contributed by atoms with E-state index in [1.165, 1.54) is 9.77 Å². The van der Waals surface area contributed by atoms with Crippen LogP contribution in [0, 0.1) is 0 Å². The lowest BCUT2D eigenvalue weighted by molar-refractivity contribution is -0.131. The van der Waals surface area contributed by atoms with Crippen LogP contribution in [0.1, 0.15) is 11.1 Å². The van der Waals surface area contributed by atoms with E-state index in [0.717, 1.165) is 17.4 Å². The summed E-state index contributed by atoms with van der Waals surface area (Å²) in [6.07, 6.45) is 2.74. The molecule has 0 bridgehead atoms. The van der Waals surface area contributed by atoms with Gasteiger partial charge in [-0.1, -0.05) is 30.3 Å². The van der Waals surface area contributed by atoms with E-state index in [9.17, 15) is 4.79 Å².